The van der Waals surface area contributed by atoms with Gasteiger partial charge in [-0.15, -0.1) is 0 Å². The molecule has 1 aliphatic rings. The van der Waals surface area contributed by atoms with Crippen LogP contribution in [0.3, 0.4) is 0 Å². The van der Waals surface area contributed by atoms with Gasteiger partial charge in [0, 0.05) is 11.6 Å². The minimum Gasteiger partial charge on any atom is -0.338 e. The molecule has 1 aromatic heterocycles. The summed E-state index contributed by atoms with van der Waals surface area (Å²) in [6.07, 6.45) is 3.08. The molecule has 1 saturated heterocycles. The number of amides is 1. The summed E-state index contributed by atoms with van der Waals surface area (Å²) in [6.45, 7) is 0.893. The number of carbonyl (C=O) groups is 1. The standard InChI is InChI=1S/C15H17N3O2/c19-15(12-8-4-5-9-16-12)17-14-10-13(18-20-14)11-6-2-1-3-7-11/h1-3,6-7,10,12,16H,4-5,8-9H2,(H,17,19). The molecule has 104 valence electrons. The van der Waals surface area contributed by atoms with Gasteiger partial charge in [-0.2, -0.15) is 0 Å². The van der Waals surface area contributed by atoms with Gasteiger partial charge >= 0.3 is 0 Å². The summed E-state index contributed by atoms with van der Waals surface area (Å²) in [6, 6.07) is 11.3. The Morgan fingerprint density at radius 2 is 2.15 bits per heavy atom. The summed E-state index contributed by atoms with van der Waals surface area (Å²) in [4.78, 5) is 12.1. The lowest BCUT2D eigenvalue weighted by atomic mass is 10.0. The molecule has 2 aromatic rings. The third-order valence-corrected chi connectivity index (χ3v) is 3.45. The topological polar surface area (TPSA) is 67.2 Å². The van der Waals surface area contributed by atoms with Crippen LogP contribution >= 0.6 is 0 Å². The highest BCUT2D eigenvalue weighted by atomic mass is 16.5. The van der Waals surface area contributed by atoms with Gasteiger partial charge in [0.15, 0.2) is 0 Å². The van der Waals surface area contributed by atoms with Crippen LogP contribution in [0.4, 0.5) is 5.88 Å². The molecule has 20 heavy (non-hydrogen) atoms. The van der Waals surface area contributed by atoms with Crippen molar-refractivity contribution in [2.75, 3.05) is 11.9 Å². The summed E-state index contributed by atoms with van der Waals surface area (Å²) < 4.78 is 5.17. The fraction of sp³-hybridized carbons (Fsp3) is 0.333. The van der Waals surface area contributed by atoms with E-state index in [2.05, 4.69) is 15.8 Å². The van der Waals surface area contributed by atoms with Crippen LogP contribution in [0.2, 0.25) is 0 Å². The van der Waals surface area contributed by atoms with Gasteiger partial charge in [-0.1, -0.05) is 41.9 Å². The number of anilines is 1. The molecule has 0 aliphatic carbocycles. The zero-order valence-corrected chi connectivity index (χ0v) is 11.1. The Morgan fingerprint density at radius 1 is 1.30 bits per heavy atom. The Morgan fingerprint density at radius 3 is 2.90 bits per heavy atom. The number of nitrogens with one attached hydrogen (secondary N) is 2. The van der Waals surface area contributed by atoms with E-state index in [1.54, 1.807) is 6.07 Å². The van der Waals surface area contributed by atoms with Gasteiger partial charge in [0.1, 0.15) is 5.69 Å². The molecule has 1 atom stereocenters. The molecule has 3 rings (SSSR count). The molecule has 1 unspecified atom stereocenters. The molecular formula is C15H17N3O2. The van der Waals surface area contributed by atoms with Gasteiger partial charge in [0.05, 0.1) is 6.04 Å². The molecule has 1 amide bonds. The highest BCUT2D eigenvalue weighted by Gasteiger charge is 2.21. The zero-order valence-electron chi connectivity index (χ0n) is 11.1. The number of aromatic nitrogens is 1. The maximum absolute atomic E-state index is 12.1. The number of benzene rings is 1. The van der Waals surface area contributed by atoms with Crippen LogP contribution in [-0.2, 0) is 4.79 Å². The van der Waals surface area contributed by atoms with Crippen LogP contribution in [0.5, 0.6) is 0 Å². The van der Waals surface area contributed by atoms with Crippen molar-refractivity contribution in [3.63, 3.8) is 0 Å². The summed E-state index contributed by atoms with van der Waals surface area (Å²) in [5.74, 6) is 0.335. The quantitative estimate of drug-likeness (QED) is 0.899. The first-order valence-electron chi connectivity index (χ1n) is 6.89. The van der Waals surface area contributed by atoms with Crippen LogP contribution in [0.15, 0.2) is 40.9 Å². The van der Waals surface area contributed by atoms with Crippen molar-refractivity contribution in [3.05, 3.63) is 36.4 Å². The molecule has 0 saturated carbocycles. The van der Waals surface area contributed by atoms with Crippen molar-refractivity contribution < 1.29 is 9.32 Å². The van der Waals surface area contributed by atoms with Crippen LogP contribution in [0.1, 0.15) is 19.3 Å². The molecule has 1 aromatic carbocycles. The van der Waals surface area contributed by atoms with Gasteiger partial charge in [-0.25, -0.2) is 0 Å². The number of hydrogen-bond acceptors (Lipinski definition) is 4. The Kier molecular flexibility index (Phi) is 3.78. The maximum Gasteiger partial charge on any atom is 0.243 e. The number of piperidine rings is 1. The van der Waals surface area contributed by atoms with Gasteiger partial charge < -0.3 is 9.84 Å². The first kappa shape index (κ1) is 12.9. The van der Waals surface area contributed by atoms with Crippen molar-refractivity contribution in [2.45, 2.75) is 25.3 Å². The van der Waals surface area contributed by atoms with Gasteiger partial charge in [0.25, 0.3) is 0 Å². The van der Waals surface area contributed by atoms with E-state index in [4.69, 9.17) is 4.52 Å². The number of rotatable bonds is 3. The van der Waals surface area contributed by atoms with Crippen LogP contribution in [0, 0.1) is 0 Å². The largest absolute Gasteiger partial charge is 0.338 e. The molecule has 2 heterocycles. The van der Waals surface area contributed by atoms with E-state index in [0.717, 1.165) is 37.1 Å². The molecule has 0 bridgehead atoms. The molecule has 5 nitrogen and oxygen atoms in total. The SMILES string of the molecule is O=C(Nc1cc(-c2ccccc2)no1)C1CCCCN1. The minimum atomic E-state index is -0.131. The summed E-state index contributed by atoms with van der Waals surface area (Å²) in [5.41, 5.74) is 1.69. The first-order chi connectivity index (χ1) is 9.83. The van der Waals surface area contributed by atoms with E-state index in [-0.39, 0.29) is 11.9 Å². The third-order valence-electron chi connectivity index (χ3n) is 3.45. The second-order valence-electron chi connectivity index (χ2n) is 4.93. The highest BCUT2D eigenvalue weighted by Crippen LogP contribution is 2.21. The smallest absolute Gasteiger partial charge is 0.243 e. The Labute approximate surface area is 117 Å². The van der Waals surface area contributed by atoms with E-state index in [1.807, 2.05) is 30.3 Å². The van der Waals surface area contributed by atoms with Crippen molar-refractivity contribution in [3.8, 4) is 11.3 Å². The van der Waals surface area contributed by atoms with Crippen LogP contribution < -0.4 is 10.6 Å². The second-order valence-corrected chi connectivity index (χ2v) is 4.93. The predicted molar refractivity (Wildman–Crippen MR) is 76.2 cm³/mol. The van der Waals surface area contributed by atoms with Crippen molar-refractivity contribution in [1.29, 1.82) is 0 Å². The number of carbonyl (C=O) groups excluding carboxylic acids is 1. The van der Waals surface area contributed by atoms with Gasteiger partial charge in [-0.3, -0.25) is 10.1 Å². The lowest BCUT2D eigenvalue weighted by molar-refractivity contribution is -0.118. The van der Waals surface area contributed by atoms with Gasteiger partial charge in [0.2, 0.25) is 11.8 Å². The Hall–Kier alpha value is -2.14. The summed E-state index contributed by atoms with van der Waals surface area (Å²) in [5, 5.41) is 9.95. The van der Waals surface area contributed by atoms with Crippen molar-refractivity contribution >= 4 is 11.8 Å². The van der Waals surface area contributed by atoms with E-state index in [0.29, 0.717) is 5.88 Å². The molecule has 1 fully saturated rings. The highest BCUT2D eigenvalue weighted by molar-refractivity contribution is 5.94. The lowest BCUT2D eigenvalue weighted by Crippen LogP contribution is -2.43. The van der Waals surface area contributed by atoms with Crippen LogP contribution in [0.25, 0.3) is 11.3 Å². The van der Waals surface area contributed by atoms with E-state index in [1.165, 1.54) is 0 Å². The lowest BCUT2D eigenvalue weighted by Gasteiger charge is -2.21. The van der Waals surface area contributed by atoms with E-state index >= 15 is 0 Å². The molecule has 2 N–H and O–H groups in total. The number of nitrogens with zero attached hydrogens (tertiary/aromatic N) is 1. The average molecular weight is 271 g/mol. The fourth-order valence-electron chi connectivity index (χ4n) is 2.36. The van der Waals surface area contributed by atoms with E-state index < -0.39 is 0 Å². The zero-order chi connectivity index (χ0) is 13.8. The Balaban J connectivity index is 1.66. The molecule has 5 heteroatoms. The maximum atomic E-state index is 12.1. The second kappa shape index (κ2) is 5.88. The summed E-state index contributed by atoms with van der Waals surface area (Å²) >= 11 is 0. The first-order valence-corrected chi connectivity index (χ1v) is 6.89. The fourth-order valence-corrected chi connectivity index (χ4v) is 2.36. The predicted octanol–water partition coefficient (Wildman–Crippen LogP) is 2.42. The monoisotopic (exact) mass is 271 g/mol. The third kappa shape index (κ3) is 2.88. The van der Waals surface area contributed by atoms with Crippen molar-refractivity contribution in [2.24, 2.45) is 0 Å². The van der Waals surface area contributed by atoms with Crippen LogP contribution in [-0.4, -0.2) is 23.7 Å². The number of hydrogen-bond donors (Lipinski definition) is 2. The normalized spacial score (nSPS) is 18.7. The molecule has 0 radical (unpaired) electrons. The summed E-state index contributed by atoms with van der Waals surface area (Å²) in [7, 11) is 0. The van der Waals surface area contributed by atoms with Crippen molar-refractivity contribution in [1.82, 2.24) is 10.5 Å². The van der Waals surface area contributed by atoms with E-state index in [9.17, 15) is 4.79 Å². The van der Waals surface area contributed by atoms with Gasteiger partial charge in [-0.05, 0) is 19.4 Å². The molecular weight excluding hydrogens is 254 g/mol. The minimum absolute atomic E-state index is 0.0551. The average Bonchev–Trinajstić information content (AvgIpc) is 2.97. The molecule has 0 spiro atoms. The Bertz CT molecular complexity index is 574. The molecule has 1 aliphatic heterocycles.